The topological polar surface area (TPSA) is 93.7 Å². The molecule has 0 amide bonds. The standard InChI is InChI=1S/C11H19N7O/c1-9(11-15-13-8-17(11)2)12-6-10-7-18(16-14-10)4-3-5-19/h7-9,12,19H,3-6H2,1-2H3. The molecule has 104 valence electrons. The molecule has 0 bridgehead atoms. The van der Waals surface area contributed by atoms with Crippen LogP contribution in [0.2, 0.25) is 0 Å². The highest BCUT2D eigenvalue weighted by Crippen LogP contribution is 2.07. The quantitative estimate of drug-likeness (QED) is 0.710. The van der Waals surface area contributed by atoms with Crippen LogP contribution >= 0.6 is 0 Å². The monoisotopic (exact) mass is 265 g/mol. The molecule has 0 spiro atoms. The van der Waals surface area contributed by atoms with Gasteiger partial charge < -0.3 is 15.0 Å². The van der Waals surface area contributed by atoms with E-state index in [0.717, 1.165) is 11.5 Å². The molecule has 1 unspecified atom stereocenters. The van der Waals surface area contributed by atoms with E-state index in [1.165, 1.54) is 0 Å². The van der Waals surface area contributed by atoms with Crippen LogP contribution in [0.25, 0.3) is 0 Å². The van der Waals surface area contributed by atoms with Gasteiger partial charge in [0.1, 0.15) is 12.2 Å². The van der Waals surface area contributed by atoms with Crippen molar-refractivity contribution in [3.63, 3.8) is 0 Å². The van der Waals surface area contributed by atoms with Gasteiger partial charge in [0.25, 0.3) is 0 Å². The predicted octanol–water partition coefficient (Wildman–Crippen LogP) is -0.360. The molecular formula is C11H19N7O. The number of aliphatic hydroxyl groups is 1. The molecule has 1 atom stereocenters. The highest BCUT2D eigenvalue weighted by Gasteiger charge is 2.11. The van der Waals surface area contributed by atoms with Crippen LogP contribution < -0.4 is 5.32 Å². The molecule has 0 saturated heterocycles. The van der Waals surface area contributed by atoms with E-state index in [9.17, 15) is 0 Å². The summed E-state index contributed by atoms with van der Waals surface area (Å²) in [4.78, 5) is 0. The zero-order valence-electron chi connectivity index (χ0n) is 11.2. The van der Waals surface area contributed by atoms with E-state index in [1.54, 1.807) is 11.0 Å². The first-order valence-electron chi connectivity index (χ1n) is 6.28. The van der Waals surface area contributed by atoms with Crippen LogP contribution in [-0.2, 0) is 20.1 Å². The third-order valence-corrected chi connectivity index (χ3v) is 2.85. The van der Waals surface area contributed by atoms with E-state index in [-0.39, 0.29) is 12.6 Å². The molecule has 8 heteroatoms. The molecule has 8 nitrogen and oxygen atoms in total. The lowest BCUT2D eigenvalue weighted by Gasteiger charge is -2.11. The van der Waals surface area contributed by atoms with Gasteiger partial charge in [-0.2, -0.15) is 0 Å². The lowest BCUT2D eigenvalue weighted by molar-refractivity contribution is 0.276. The summed E-state index contributed by atoms with van der Waals surface area (Å²) in [5, 5.41) is 28.0. The van der Waals surface area contributed by atoms with Crippen molar-refractivity contribution in [3.8, 4) is 0 Å². The first-order chi connectivity index (χ1) is 9.20. The summed E-state index contributed by atoms with van der Waals surface area (Å²) in [6.07, 6.45) is 4.25. The molecule has 0 fully saturated rings. The Morgan fingerprint density at radius 1 is 1.42 bits per heavy atom. The Labute approximate surface area is 111 Å². The first kappa shape index (κ1) is 13.6. The summed E-state index contributed by atoms with van der Waals surface area (Å²) >= 11 is 0. The Morgan fingerprint density at radius 3 is 2.95 bits per heavy atom. The second kappa shape index (κ2) is 6.39. The zero-order chi connectivity index (χ0) is 13.7. The minimum Gasteiger partial charge on any atom is -0.396 e. The average Bonchev–Trinajstić information content (AvgIpc) is 3.02. The number of aliphatic hydroxyl groups excluding tert-OH is 1. The fraction of sp³-hybridized carbons (Fsp3) is 0.636. The highest BCUT2D eigenvalue weighted by atomic mass is 16.3. The summed E-state index contributed by atoms with van der Waals surface area (Å²) in [5.41, 5.74) is 0.868. The average molecular weight is 265 g/mol. The molecule has 2 N–H and O–H groups in total. The van der Waals surface area contributed by atoms with Gasteiger partial charge in [0.2, 0.25) is 0 Å². The second-order valence-electron chi connectivity index (χ2n) is 4.45. The number of hydrogen-bond acceptors (Lipinski definition) is 6. The molecule has 0 radical (unpaired) electrons. The van der Waals surface area contributed by atoms with Gasteiger partial charge in [-0.25, -0.2) is 0 Å². The van der Waals surface area contributed by atoms with Crippen LogP contribution in [0, 0.1) is 0 Å². The van der Waals surface area contributed by atoms with Crippen molar-refractivity contribution in [1.82, 2.24) is 35.1 Å². The van der Waals surface area contributed by atoms with E-state index < -0.39 is 0 Å². The van der Waals surface area contributed by atoms with Gasteiger partial charge in [0, 0.05) is 32.9 Å². The molecule has 2 aromatic rings. The summed E-state index contributed by atoms with van der Waals surface area (Å²) in [5.74, 6) is 0.882. The molecule has 0 aromatic carbocycles. The molecular weight excluding hydrogens is 246 g/mol. The number of hydrogen-bond donors (Lipinski definition) is 2. The van der Waals surface area contributed by atoms with Gasteiger partial charge in [-0.1, -0.05) is 5.21 Å². The summed E-state index contributed by atoms with van der Waals surface area (Å²) in [6.45, 7) is 3.49. The molecule has 2 aromatic heterocycles. The van der Waals surface area contributed by atoms with Crippen molar-refractivity contribution in [2.75, 3.05) is 6.61 Å². The number of aromatic nitrogens is 6. The van der Waals surface area contributed by atoms with Crippen LogP contribution in [0.3, 0.4) is 0 Å². The largest absolute Gasteiger partial charge is 0.396 e. The van der Waals surface area contributed by atoms with Crippen molar-refractivity contribution >= 4 is 0 Å². The van der Waals surface area contributed by atoms with Crippen LogP contribution in [0.5, 0.6) is 0 Å². The molecule has 2 heterocycles. The fourth-order valence-corrected chi connectivity index (χ4v) is 1.79. The maximum atomic E-state index is 8.75. The summed E-state index contributed by atoms with van der Waals surface area (Å²) in [7, 11) is 1.92. The predicted molar refractivity (Wildman–Crippen MR) is 68.0 cm³/mol. The Morgan fingerprint density at radius 2 is 2.26 bits per heavy atom. The van der Waals surface area contributed by atoms with Crippen molar-refractivity contribution in [1.29, 1.82) is 0 Å². The van der Waals surface area contributed by atoms with Gasteiger partial charge in [-0.3, -0.25) is 4.68 Å². The third-order valence-electron chi connectivity index (χ3n) is 2.85. The van der Waals surface area contributed by atoms with E-state index in [1.807, 2.05) is 24.7 Å². The van der Waals surface area contributed by atoms with Crippen LogP contribution in [-0.4, -0.2) is 41.5 Å². The number of aryl methyl sites for hydroxylation is 2. The maximum Gasteiger partial charge on any atom is 0.149 e. The van der Waals surface area contributed by atoms with Crippen molar-refractivity contribution in [2.24, 2.45) is 7.05 Å². The van der Waals surface area contributed by atoms with E-state index in [2.05, 4.69) is 25.8 Å². The van der Waals surface area contributed by atoms with Crippen LogP contribution in [0.4, 0.5) is 0 Å². The Kier molecular flexibility index (Phi) is 4.58. The summed E-state index contributed by atoms with van der Waals surface area (Å²) in [6, 6.07) is 0.0927. The molecule has 0 aliphatic rings. The van der Waals surface area contributed by atoms with Gasteiger partial charge in [-0.05, 0) is 13.3 Å². The highest BCUT2D eigenvalue weighted by molar-refractivity contribution is 4.96. The minimum atomic E-state index is 0.0927. The lowest BCUT2D eigenvalue weighted by atomic mass is 10.3. The van der Waals surface area contributed by atoms with E-state index in [4.69, 9.17) is 5.11 Å². The molecule has 0 saturated carbocycles. The lowest BCUT2D eigenvalue weighted by Crippen LogP contribution is -2.21. The van der Waals surface area contributed by atoms with E-state index >= 15 is 0 Å². The van der Waals surface area contributed by atoms with Crippen molar-refractivity contribution in [2.45, 2.75) is 32.5 Å². The maximum absolute atomic E-state index is 8.75. The normalized spacial score (nSPS) is 12.8. The zero-order valence-corrected chi connectivity index (χ0v) is 11.2. The Hall–Kier alpha value is -1.80. The van der Waals surface area contributed by atoms with Gasteiger partial charge in [0.05, 0.1) is 11.7 Å². The van der Waals surface area contributed by atoms with Gasteiger partial charge in [-0.15, -0.1) is 15.3 Å². The molecule has 2 rings (SSSR count). The summed E-state index contributed by atoms with van der Waals surface area (Å²) < 4.78 is 3.62. The minimum absolute atomic E-state index is 0.0927. The van der Waals surface area contributed by atoms with Crippen LogP contribution in [0.1, 0.15) is 30.9 Å². The number of nitrogens with one attached hydrogen (secondary N) is 1. The Balaban J connectivity index is 1.85. The fourth-order valence-electron chi connectivity index (χ4n) is 1.79. The number of rotatable bonds is 7. The second-order valence-corrected chi connectivity index (χ2v) is 4.45. The first-order valence-corrected chi connectivity index (χ1v) is 6.28. The van der Waals surface area contributed by atoms with Gasteiger partial charge >= 0.3 is 0 Å². The van der Waals surface area contributed by atoms with Crippen molar-refractivity contribution in [3.05, 3.63) is 24.0 Å². The molecule has 19 heavy (non-hydrogen) atoms. The third kappa shape index (κ3) is 3.58. The molecule has 0 aliphatic heterocycles. The smallest absolute Gasteiger partial charge is 0.149 e. The van der Waals surface area contributed by atoms with Crippen molar-refractivity contribution < 1.29 is 5.11 Å². The van der Waals surface area contributed by atoms with E-state index in [0.29, 0.717) is 19.5 Å². The molecule has 0 aliphatic carbocycles. The van der Waals surface area contributed by atoms with Gasteiger partial charge in [0.15, 0.2) is 0 Å². The number of nitrogens with zero attached hydrogens (tertiary/aromatic N) is 6. The van der Waals surface area contributed by atoms with Crippen LogP contribution in [0.15, 0.2) is 12.5 Å². The SMILES string of the molecule is CC(NCc1cn(CCCO)nn1)c1nncn1C. The Bertz CT molecular complexity index is 507.